The lowest BCUT2D eigenvalue weighted by molar-refractivity contribution is -0.137. The number of amidine groups is 1. The van der Waals surface area contributed by atoms with Crippen molar-refractivity contribution in [2.45, 2.75) is 26.3 Å². The molecule has 2 aliphatic rings. The van der Waals surface area contributed by atoms with Crippen LogP contribution in [0.25, 0.3) is 0 Å². The maximum Gasteiger partial charge on any atom is 0.338 e. The molecule has 27 heavy (non-hydrogen) atoms. The van der Waals surface area contributed by atoms with Crippen LogP contribution in [0.15, 0.2) is 34.5 Å². The van der Waals surface area contributed by atoms with Gasteiger partial charge in [0.1, 0.15) is 0 Å². The fraction of sp³-hybridized carbons (Fsp3) is 0.421. The van der Waals surface area contributed by atoms with Gasteiger partial charge in [0.25, 0.3) is 0 Å². The van der Waals surface area contributed by atoms with Crippen molar-refractivity contribution in [3.05, 3.63) is 35.0 Å². The predicted octanol–water partition coefficient (Wildman–Crippen LogP) is 2.92. The molecule has 1 atom stereocenters. The second-order valence-electron chi connectivity index (χ2n) is 5.99. The van der Waals surface area contributed by atoms with Crippen LogP contribution in [0.4, 0.5) is 0 Å². The number of ether oxygens (including phenoxy) is 3. The first-order valence-corrected chi connectivity index (χ1v) is 9.63. The Kier molecular flexibility index (Phi) is 5.74. The van der Waals surface area contributed by atoms with Gasteiger partial charge in [-0.25, -0.2) is 9.79 Å². The van der Waals surface area contributed by atoms with Crippen molar-refractivity contribution in [2.24, 2.45) is 4.99 Å². The Balaban J connectivity index is 2.15. The lowest BCUT2D eigenvalue weighted by Crippen LogP contribution is -2.45. The molecule has 8 heteroatoms. The zero-order chi connectivity index (χ0) is 19.6. The molecule has 0 saturated carbocycles. The van der Waals surface area contributed by atoms with Gasteiger partial charge in [0.05, 0.1) is 38.1 Å². The highest BCUT2D eigenvalue weighted by Crippen LogP contribution is 2.42. The molecule has 1 fully saturated rings. The summed E-state index contributed by atoms with van der Waals surface area (Å²) in [6.45, 7) is 4.15. The van der Waals surface area contributed by atoms with Crippen molar-refractivity contribution >= 4 is 28.8 Å². The Bertz CT molecular complexity index is 833. The number of allylic oxidation sites excluding steroid dienone is 1. The fourth-order valence-electron chi connectivity index (χ4n) is 3.21. The van der Waals surface area contributed by atoms with Gasteiger partial charge in [-0.2, -0.15) is 0 Å². The van der Waals surface area contributed by atoms with E-state index in [2.05, 4.69) is 4.99 Å². The quantitative estimate of drug-likeness (QED) is 0.720. The van der Waals surface area contributed by atoms with Crippen molar-refractivity contribution < 1.29 is 23.8 Å². The van der Waals surface area contributed by atoms with Gasteiger partial charge >= 0.3 is 5.97 Å². The number of benzene rings is 1. The SMILES string of the molecule is CCOc1ccc([C@H]2C(C(=O)OC)=C(C)N=C3SCCC(=O)N32)cc1OC. The van der Waals surface area contributed by atoms with Crippen LogP contribution in [0.3, 0.4) is 0 Å². The third-order valence-electron chi connectivity index (χ3n) is 4.42. The second-order valence-corrected chi connectivity index (χ2v) is 7.06. The zero-order valence-corrected chi connectivity index (χ0v) is 16.6. The Morgan fingerprint density at radius 2 is 2.11 bits per heavy atom. The number of hydrogen-bond donors (Lipinski definition) is 0. The van der Waals surface area contributed by atoms with Crippen molar-refractivity contribution in [1.82, 2.24) is 4.90 Å². The monoisotopic (exact) mass is 390 g/mol. The number of aliphatic imine (C=N–C) groups is 1. The molecule has 7 nitrogen and oxygen atoms in total. The van der Waals surface area contributed by atoms with Crippen molar-refractivity contribution in [2.75, 3.05) is 26.6 Å². The van der Waals surface area contributed by atoms with Crippen LogP contribution in [0.1, 0.15) is 31.9 Å². The molecule has 0 radical (unpaired) electrons. The van der Waals surface area contributed by atoms with Gasteiger partial charge in [0, 0.05) is 12.2 Å². The molecular weight excluding hydrogens is 368 g/mol. The van der Waals surface area contributed by atoms with Crippen LogP contribution < -0.4 is 9.47 Å². The van der Waals surface area contributed by atoms with E-state index in [0.717, 1.165) is 5.56 Å². The van der Waals surface area contributed by atoms with E-state index in [0.29, 0.717) is 46.7 Å². The zero-order valence-electron chi connectivity index (χ0n) is 15.8. The van der Waals surface area contributed by atoms with E-state index in [1.165, 1.54) is 18.9 Å². The van der Waals surface area contributed by atoms with Crippen molar-refractivity contribution in [3.63, 3.8) is 0 Å². The average Bonchev–Trinajstić information content (AvgIpc) is 2.67. The third kappa shape index (κ3) is 3.53. The predicted molar refractivity (Wildman–Crippen MR) is 103 cm³/mol. The lowest BCUT2D eigenvalue weighted by Gasteiger charge is -2.38. The van der Waals surface area contributed by atoms with Crippen LogP contribution in [0.5, 0.6) is 11.5 Å². The summed E-state index contributed by atoms with van der Waals surface area (Å²) < 4.78 is 16.0. The molecule has 1 aromatic carbocycles. The van der Waals surface area contributed by atoms with Crippen LogP contribution in [0.2, 0.25) is 0 Å². The number of methoxy groups -OCH3 is 2. The maximum absolute atomic E-state index is 12.7. The molecule has 144 valence electrons. The molecule has 1 amide bonds. The number of thioether (sulfide) groups is 1. The van der Waals surface area contributed by atoms with E-state index in [9.17, 15) is 9.59 Å². The normalized spacial score (nSPS) is 19.4. The molecule has 0 aliphatic carbocycles. The summed E-state index contributed by atoms with van der Waals surface area (Å²) in [7, 11) is 2.88. The Labute approximate surface area is 162 Å². The van der Waals surface area contributed by atoms with Gasteiger partial charge in [-0.3, -0.25) is 9.69 Å². The van der Waals surface area contributed by atoms with E-state index in [4.69, 9.17) is 14.2 Å². The topological polar surface area (TPSA) is 77.4 Å². The summed E-state index contributed by atoms with van der Waals surface area (Å²) in [5.41, 5.74) is 1.63. The lowest BCUT2D eigenvalue weighted by atomic mass is 9.94. The van der Waals surface area contributed by atoms with Gasteiger partial charge in [-0.05, 0) is 31.5 Å². The molecule has 2 heterocycles. The third-order valence-corrected chi connectivity index (χ3v) is 5.37. The minimum atomic E-state index is -0.616. The number of carbonyl (C=O) groups is 2. The smallest absolute Gasteiger partial charge is 0.338 e. The van der Waals surface area contributed by atoms with Crippen LogP contribution in [-0.2, 0) is 14.3 Å². The molecule has 0 unspecified atom stereocenters. The summed E-state index contributed by atoms with van der Waals surface area (Å²) in [5, 5.41) is 0.606. The summed E-state index contributed by atoms with van der Waals surface area (Å²) in [6.07, 6.45) is 0.391. The Morgan fingerprint density at radius 3 is 2.78 bits per heavy atom. The summed E-state index contributed by atoms with van der Waals surface area (Å²) >= 11 is 1.51. The second kappa shape index (κ2) is 8.04. The number of fused-ring (bicyclic) bond motifs is 1. The number of hydrogen-bond acceptors (Lipinski definition) is 7. The number of rotatable bonds is 5. The molecule has 1 saturated heterocycles. The number of esters is 1. The Morgan fingerprint density at radius 1 is 1.33 bits per heavy atom. The number of carbonyl (C=O) groups excluding carboxylic acids is 2. The molecule has 0 bridgehead atoms. The van der Waals surface area contributed by atoms with E-state index in [1.807, 2.05) is 13.0 Å². The van der Waals surface area contributed by atoms with Crippen molar-refractivity contribution in [3.8, 4) is 11.5 Å². The van der Waals surface area contributed by atoms with Gasteiger partial charge in [0.2, 0.25) is 5.91 Å². The molecule has 0 spiro atoms. The summed E-state index contributed by atoms with van der Waals surface area (Å²) in [6, 6.07) is 4.80. The van der Waals surface area contributed by atoms with E-state index < -0.39 is 12.0 Å². The van der Waals surface area contributed by atoms with E-state index >= 15 is 0 Å². The van der Waals surface area contributed by atoms with Gasteiger partial charge in [-0.1, -0.05) is 17.8 Å². The van der Waals surface area contributed by atoms with Crippen LogP contribution >= 0.6 is 11.8 Å². The van der Waals surface area contributed by atoms with Crippen LogP contribution in [-0.4, -0.2) is 48.5 Å². The molecule has 0 aromatic heterocycles. The van der Waals surface area contributed by atoms with Gasteiger partial charge in [-0.15, -0.1) is 0 Å². The Hall–Kier alpha value is -2.48. The first-order valence-electron chi connectivity index (χ1n) is 8.65. The van der Waals surface area contributed by atoms with Gasteiger partial charge < -0.3 is 14.2 Å². The molecular formula is C19H22N2O5S. The molecule has 2 aliphatic heterocycles. The molecule has 3 rings (SSSR count). The number of amides is 1. The summed E-state index contributed by atoms with van der Waals surface area (Å²) in [4.78, 5) is 31.3. The molecule has 1 aromatic rings. The highest BCUT2D eigenvalue weighted by atomic mass is 32.2. The molecule has 0 N–H and O–H groups in total. The highest BCUT2D eigenvalue weighted by molar-refractivity contribution is 8.14. The highest BCUT2D eigenvalue weighted by Gasteiger charge is 2.41. The average molecular weight is 390 g/mol. The summed E-state index contributed by atoms with van der Waals surface area (Å²) in [5.74, 6) is 1.25. The standard InChI is InChI=1S/C19H22N2O5S/c1-5-26-13-7-6-12(10-14(13)24-3)17-16(18(23)25-4)11(2)20-19-21(17)15(22)8-9-27-19/h6-7,10,17H,5,8-9H2,1-4H3/t17-/m0/s1. The largest absolute Gasteiger partial charge is 0.493 e. The van der Waals surface area contributed by atoms with E-state index in [-0.39, 0.29) is 5.91 Å². The first kappa shape index (κ1) is 19.3. The minimum Gasteiger partial charge on any atom is -0.493 e. The minimum absolute atomic E-state index is 0.0701. The fourth-order valence-corrected chi connectivity index (χ4v) is 4.22. The maximum atomic E-state index is 12.7. The first-order chi connectivity index (χ1) is 13.0. The van der Waals surface area contributed by atoms with Crippen molar-refractivity contribution in [1.29, 1.82) is 0 Å². The van der Waals surface area contributed by atoms with E-state index in [1.54, 1.807) is 31.1 Å². The number of nitrogens with zero attached hydrogens (tertiary/aromatic N) is 2. The van der Waals surface area contributed by atoms with Gasteiger partial charge in [0.15, 0.2) is 16.7 Å². The van der Waals surface area contributed by atoms with Crippen LogP contribution in [0, 0.1) is 0 Å².